The van der Waals surface area contributed by atoms with Gasteiger partial charge in [-0.15, -0.1) is 0 Å². The van der Waals surface area contributed by atoms with Gasteiger partial charge in [-0.2, -0.15) is 0 Å². The molecule has 5 nitrogen and oxygen atoms in total. The fourth-order valence-corrected chi connectivity index (χ4v) is 3.92. The lowest BCUT2D eigenvalue weighted by Gasteiger charge is -2.23. The maximum atomic E-state index is 12.4. The van der Waals surface area contributed by atoms with Crippen LogP contribution in [0.2, 0.25) is 0 Å². The fraction of sp³-hybridized carbons (Fsp3) is 0.208. The van der Waals surface area contributed by atoms with Crippen molar-refractivity contribution >= 4 is 21.6 Å². The van der Waals surface area contributed by atoms with Crippen molar-refractivity contribution in [2.24, 2.45) is 0 Å². The monoisotopic (exact) mass is 422 g/mol. The summed E-state index contributed by atoms with van der Waals surface area (Å²) in [5.74, 6) is -0.202. The highest BCUT2D eigenvalue weighted by molar-refractivity contribution is 7.92. The molecule has 0 spiro atoms. The molecular weight excluding hydrogens is 396 g/mol. The number of carbonyl (C=O) groups is 1. The minimum absolute atomic E-state index is 0.202. The average molecular weight is 423 g/mol. The number of rotatable bonds is 7. The summed E-state index contributed by atoms with van der Waals surface area (Å²) in [6.07, 6.45) is 1.18. The number of sulfonamides is 1. The minimum Gasteiger partial charge on any atom is -0.348 e. The summed E-state index contributed by atoms with van der Waals surface area (Å²) in [7, 11) is -3.48. The number of carbonyl (C=O) groups excluding carboxylic acids is 1. The van der Waals surface area contributed by atoms with Crippen LogP contribution in [0.5, 0.6) is 0 Å². The van der Waals surface area contributed by atoms with Crippen molar-refractivity contribution in [3.63, 3.8) is 0 Å². The zero-order valence-corrected chi connectivity index (χ0v) is 18.2. The summed E-state index contributed by atoms with van der Waals surface area (Å²) in [5, 5.41) is 2.89. The summed E-state index contributed by atoms with van der Waals surface area (Å²) in [6, 6.07) is 22.3. The van der Waals surface area contributed by atoms with Gasteiger partial charge in [-0.05, 0) is 49.2 Å². The lowest BCUT2D eigenvalue weighted by Crippen LogP contribution is -2.29. The quantitative estimate of drug-likeness (QED) is 0.621. The van der Waals surface area contributed by atoms with Gasteiger partial charge in [0.1, 0.15) is 0 Å². The summed E-state index contributed by atoms with van der Waals surface area (Å²) in [6.45, 7) is 4.67. The zero-order chi connectivity index (χ0) is 21.7. The molecule has 1 N–H and O–H groups in total. The molecule has 30 heavy (non-hydrogen) atoms. The van der Waals surface area contributed by atoms with Crippen LogP contribution in [0, 0.1) is 13.8 Å². The Balaban J connectivity index is 1.71. The second-order valence-electron chi connectivity index (χ2n) is 7.47. The normalized spacial score (nSPS) is 11.2. The van der Waals surface area contributed by atoms with Gasteiger partial charge >= 0.3 is 0 Å². The number of anilines is 1. The second kappa shape index (κ2) is 9.13. The van der Waals surface area contributed by atoms with Crippen LogP contribution in [0.25, 0.3) is 0 Å². The summed E-state index contributed by atoms with van der Waals surface area (Å²) in [4.78, 5) is 12.4. The maximum Gasteiger partial charge on any atom is 0.251 e. The van der Waals surface area contributed by atoms with E-state index in [0.717, 1.165) is 16.7 Å². The third-order valence-electron chi connectivity index (χ3n) is 4.84. The Morgan fingerprint density at radius 1 is 0.800 bits per heavy atom. The molecule has 0 saturated carbocycles. The first-order valence-corrected chi connectivity index (χ1v) is 11.5. The molecule has 6 heteroatoms. The fourth-order valence-electron chi connectivity index (χ4n) is 3.03. The number of amides is 1. The van der Waals surface area contributed by atoms with Crippen LogP contribution in [0.15, 0.2) is 72.8 Å². The first-order chi connectivity index (χ1) is 14.2. The number of nitrogens with zero attached hydrogens (tertiary/aromatic N) is 1. The highest BCUT2D eigenvalue weighted by atomic mass is 32.2. The molecule has 0 saturated heterocycles. The Labute approximate surface area is 178 Å². The predicted molar refractivity (Wildman–Crippen MR) is 121 cm³/mol. The van der Waals surface area contributed by atoms with Crippen LogP contribution in [0.4, 0.5) is 5.69 Å². The third-order valence-corrected chi connectivity index (χ3v) is 5.98. The highest BCUT2D eigenvalue weighted by Crippen LogP contribution is 2.21. The lowest BCUT2D eigenvalue weighted by molar-refractivity contribution is 0.0951. The van der Waals surface area contributed by atoms with E-state index in [0.29, 0.717) is 17.8 Å². The summed E-state index contributed by atoms with van der Waals surface area (Å²) in [5.41, 5.74) is 5.20. The van der Waals surface area contributed by atoms with Crippen molar-refractivity contribution in [3.8, 4) is 0 Å². The molecule has 0 heterocycles. The van der Waals surface area contributed by atoms with Gasteiger partial charge in [0.05, 0.1) is 18.5 Å². The summed E-state index contributed by atoms with van der Waals surface area (Å²) < 4.78 is 26.0. The lowest BCUT2D eigenvalue weighted by atomic mass is 10.1. The van der Waals surface area contributed by atoms with Crippen LogP contribution in [-0.2, 0) is 23.1 Å². The number of aryl methyl sites for hydroxylation is 2. The van der Waals surface area contributed by atoms with E-state index in [1.165, 1.54) is 16.1 Å². The largest absolute Gasteiger partial charge is 0.348 e. The Hall–Kier alpha value is -3.12. The molecule has 0 fully saturated rings. The molecule has 0 aliphatic carbocycles. The smallest absolute Gasteiger partial charge is 0.251 e. The zero-order valence-electron chi connectivity index (χ0n) is 17.4. The first-order valence-electron chi connectivity index (χ1n) is 9.69. The van der Waals surface area contributed by atoms with Gasteiger partial charge in [0, 0.05) is 12.1 Å². The van der Waals surface area contributed by atoms with Gasteiger partial charge < -0.3 is 5.32 Å². The van der Waals surface area contributed by atoms with Crippen molar-refractivity contribution in [1.29, 1.82) is 0 Å². The Kier molecular flexibility index (Phi) is 6.57. The first kappa shape index (κ1) is 21.6. The molecule has 0 aromatic heterocycles. The molecule has 0 aliphatic rings. The molecule has 0 aliphatic heterocycles. The topological polar surface area (TPSA) is 66.5 Å². The molecule has 0 bridgehead atoms. The van der Waals surface area contributed by atoms with Crippen molar-refractivity contribution < 1.29 is 13.2 Å². The van der Waals surface area contributed by atoms with Gasteiger partial charge in [-0.3, -0.25) is 9.10 Å². The van der Waals surface area contributed by atoms with Crippen LogP contribution >= 0.6 is 0 Å². The van der Waals surface area contributed by atoms with Crippen molar-refractivity contribution in [1.82, 2.24) is 5.32 Å². The van der Waals surface area contributed by atoms with Gasteiger partial charge in [-0.1, -0.05) is 59.7 Å². The van der Waals surface area contributed by atoms with E-state index in [9.17, 15) is 13.2 Å². The molecule has 3 rings (SSSR count). The highest BCUT2D eigenvalue weighted by Gasteiger charge is 2.18. The van der Waals surface area contributed by atoms with Gasteiger partial charge in [0.2, 0.25) is 10.0 Å². The van der Waals surface area contributed by atoms with Crippen LogP contribution in [-0.4, -0.2) is 20.6 Å². The van der Waals surface area contributed by atoms with E-state index in [4.69, 9.17) is 0 Å². The molecule has 156 valence electrons. The van der Waals surface area contributed by atoms with Crippen LogP contribution in [0.1, 0.15) is 32.6 Å². The summed E-state index contributed by atoms with van der Waals surface area (Å²) >= 11 is 0. The van der Waals surface area contributed by atoms with E-state index < -0.39 is 10.0 Å². The Bertz CT molecular complexity index is 1100. The molecular formula is C24H26N2O3S. The number of benzene rings is 3. The Morgan fingerprint density at radius 3 is 1.80 bits per heavy atom. The number of hydrogen-bond donors (Lipinski definition) is 1. The SMILES string of the molecule is Cc1ccc(CNC(=O)c2ccc(N(Cc3ccc(C)cc3)S(C)(=O)=O)cc2)cc1. The van der Waals surface area contributed by atoms with E-state index in [1.807, 2.05) is 62.4 Å². The maximum absolute atomic E-state index is 12.4. The van der Waals surface area contributed by atoms with Crippen molar-refractivity contribution in [2.45, 2.75) is 26.9 Å². The molecule has 0 unspecified atom stereocenters. The van der Waals surface area contributed by atoms with E-state index in [1.54, 1.807) is 24.3 Å². The standard InChI is InChI=1S/C24H26N2O3S/c1-18-4-8-20(9-5-18)16-25-24(27)22-12-14-23(15-13-22)26(30(3,28)29)17-21-10-6-19(2)7-11-21/h4-15H,16-17H2,1-3H3,(H,25,27). The molecule has 0 radical (unpaired) electrons. The predicted octanol–water partition coefficient (Wildman–Crippen LogP) is 4.20. The number of hydrogen-bond acceptors (Lipinski definition) is 3. The number of nitrogens with one attached hydrogen (secondary N) is 1. The van der Waals surface area contributed by atoms with E-state index in [2.05, 4.69) is 5.32 Å². The van der Waals surface area contributed by atoms with Gasteiger partial charge in [-0.25, -0.2) is 8.42 Å². The van der Waals surface area contributed by atoms with Crippen LogP contribution in [0.3, 0.4) is 0 Å². The van der Waals surface area contributed by atoms with Crippen LogP contribution < -0.4 is 9.62 Å². The van der Waals surface area contributed by atoms with Crippen molar-refractivity contribution in [2.75, 3.05) is 10.6 Å². The van der Waals surface area contributed by atoms with E-state index >= 15 is 0 Å². The second-order valence-corrected chi connectivity index (χ2v) is 9.38. The van der Waals surface area contributed by atoms with Crippen molar-refractivity contribution in [3.05, 3.63) is 101 Å². The van der Waals surface area contributed by atoms with Gasteiger partial charge in [0.15, 0.2) is 0 Å². The molecule has 3 aromatic rings. The Morgan fingerprint density at radius 2 is 1.30 bits per heavy atom. The van der Waals surface area contributed by atoms with E-state index in [-0.39, 0.29) is 12.5 Å². The molecule has 0 atom stereocenters. The average Bonchev–Trinajstić information content (AvgIpc) is 2.72. The minimum atomic E-state index is -3.48. The third kappa shape index (κ3) is 5.70. The molecule has 1 amide bonds. The molecule has 3 aromatic carbocycles. The van der Waals surface area contributed by atoms with Gasteiger partial charge in [0.25, 0.3) is 5.91 Å².